The minimum Gasteiger partial charge on any atom is -0.325 e. The largest absolute Gasteiger partial charge is 0.325 e. The summed E-state index contributed by atoms with van der Waals surface area (Å²) in [7, 11) is 0. The van der Waals surface area contributed by atoms with Gasteiger partial charge in [-0.25, -0.2) is 0 Å². The highest BCUT2D eigenvalue weighted by atomic mass is 16.2. The lowest BCUT2D eigenvalue weighted by Gasteiger charge is -2.26. The van der Waals surface area contributed by atoms with E-state index in [2.05, 4.69) is 5.32 Å². The molecule has 1 aromatic carbocycles. The Hall–Kier alpha value is -1.88. The van der Waals surface area contributed by atoms with Gasteiger partial charge in [0.05, 0.1) is 6.04 Å². The highest BCUT2D eigenvalue weighted by Gasteiger charge is 2.28. The molecule has 0 saturated heterocycles. The van der Waals surface area contributed by atoms with Gasteiger partial charge in [0, 0.05) is 24.8 Å². The Bertz CT molecular complexity index is 575. The van der Waals surface area contributed by atoms with Crippen molar-refractivity contribution in [3.8, 4) is 0 Å². The lowest BCUT2D eigenvalue weighted by atomic mass is 9.87. The van der Waals surface area contributed by atoms with Crippen molar-refractivity contribution in [2.24, 2.45) is 11.1 Å². The van der Waals surface area contributed by atoms with Crippen LogP contribution in [0.1, 0.15) is 33.3 Å². The Morgan fingerprint density at radius 1 is 1.33 bits per heavy atom. The number of anilines is 2. The average Bonchev–Trinajstić information content (AvgIpc) is 2.79. The van der Waals surface area contributed by atoms with Gasteiger partial charge in [0.25, 0.3) is 0 Å². The molecule has 1 aliphatic heterocycles. The summed E-state index contributed by atoms with van der Waals surface area (Å²) in [5.41, 5.74) is 8.40. The smallest absolute Gasteiger partial charge is 0.241 e. The van der Waals surface area contributed by atoms with Gasteiger partial charge >= 0.3 is 0 Å². The Kier molecular flexibility index (Phi) is 4.05. The van der Waals surface area contributed by atoms with Crippen LogP contribution < -0.4 is 16.0 Å². The molecule has 114 valence electrons. The summed E-state index contributed by atoms with van der Waals surface area (Å²) in [5, 5.41) is 2.85. The van der Waals surface area contributed by atoms with E-state index >= 15 is 0 Å². The van der Waals surface area contributed by atoms with Gasteiger partial charge in [0.2, 0.25) is 11.8 Å². The fourth-order valence-electron chi connectivity index (χ4n) is 2.42. The number of nitrogens with one attached hydrogen (secondary N) is 1. The summed E-state index contributed by atoms with van der Waals surface area (Å²) in [6, 6.07) is 5.04. The van der Waals surface area contributed by atoms with Crippen LogP contribution >= 0.6 is 0 Å². The third kappa shape index (κ3) is 3.24. The molecule has 0 spiro atoms. The van der Waals surface area contributed by atoms with E-state index in [0.29, 0.717) is 6.54 Å². The number of nitrogens with two attached hydrogens (primary N) is 1. The molecular weight excluding hydrogens is 266 g/mol. The second kappa shape index (κ2) is 5.48. The molecule has 0 bridgehead atoms. The molecular formula is C16H23N3O2. The summed E-state index contributed by atoms with van der Waals surface area (Å²) in [6.07, 6.45) is 0.809. The lowest BCUT2D eigenvalue weighted by molar-refractivity contribution is -0.119. The van der Waals surface area contributed by atoms with Crippen molar-refractivity contribution in [1.82, 2.24) is 0 Å². The summed E-state index contributed by atoms with van der Waals surface area (Å²) >= 11 is 0. The number of hydrogen-bond donors (Lipinski definition) is 2. The van der Waals surface area contributed by atoms with E-state index in [1.807, 2.05) is 39.0 Å². The van der Waals surface area contributed by atoms with Crippen LogP contribution in [0.25, 0.3) is 0 Å². The van der Waals surface area contributed by atoms with Crippen LogP contribution in [0.3, 0.4) is 0 Å². The van der Waals surface area contributed by atoms with Crippen LogP contribution in [0.5, 0.6) is 0 Å². The topological polar surface area (TPSA) is 75.4 Å². The summed E-state index contributed by atoms with van der Waals surface area (Å²) < 4.78 is 0. The first-order valence-electron chi connectivity index (χ1n) is 7.17. The Labute approximate surface area is 125 Å². The SMILES string of the molecule is CC(=O)N1CCc2cc(NC(=O)[C@H](N)C(C)(C)C)ccc21. The minimum absolute atomic E-state index is 0.0419. The van der Waals surface area contributed by atoms with E-state index in [9.17, 15) is 9.59 Å². The minimum atomic E-state index is -0.570. The van der Waals surface area contributed by atoms with Gasteiger partial charge in [-0.1, -0.05) is 20.8 Å². The third-order valence-corrected chi connectivity index (χ3v) is 3.84. The van der Waals surface area contributed by atoms with Gasteiger partial charge in [0.15, 0.2) is 0 Å². The predicted molar refractivity (Wildman–Crippen MR) is 84.2 cm³/mol. The molecule has 0 aromatic heterocycles. The van der Waals surface area contributed by atoms with Gasteiger partial charge < -0.3 is 16.0 Å². The highest BCUT2D eigenvalue weighted by Crippen LogP contribution is 2.30. The molecule has 3 N–H and O–H groups in total. The number of hydrogen-bond acceptors (Lipinski definition) is 3. The summed E-state index contributed by atoms with van der Waals surface area (Å²) in [5.74, 6) is -0.149. The second-order valence-electron chi connectivity index (χ2n) is 6.60. The first-order valence-corrected chi connectivity index (χ1v) is 7.17. The van der Waals surface area contributed by atoms with Crippen molar-refractivity contribution in [2.75, 3.05) is 16.8 Å². The first-order chi connectivity index (χ1) is 9.70. The van der Waals surface area contributed by atoms with E-state index < -0.39 is 6.04 Å². The monoisotopic (exact) mass is 289 g/mol. The molecule has 2 amide bonds. The van der Waals surface area contributed by atoms with E-state index in [1.54, 1.807) is 11.8 Å². The number of fused-ring (bicyclic) bond motifs is 1. The van der Waals surface area contributed by atoms with E-state index in [4.69, 9.17) is 5.73 Å². The number of amides is 2. The van der Waals surface area contributed by atoms with Gasteiger partial charge in [-0.05, 0) is 35.6 Å². The van der Waals surface area contributed by atoms with Crippen molar-refractivity contribution < 1.29 is 9.59 Å². The lowest BCUT2D eigenvalue weighted by Crippen LogP contribution is -2.45. The first kappa shape index (κ1) is 15.5. The van der Waals surface area contributed by atoms with Gasteiger partial charge in [-0.2, -0.15) is 0 Å². The van der Waals surface area contributed by atoms with Crippen molar-refractivity contribution in [3.05, 3.63) is 23.8 Å². The maximum atomic E-state index is 12.1. The van der Waals surface area contributed by atoms with Crippen LogP contribution in [-0.4, -0.2) is 24.4 Å². The van der Waals surface area contributed by atoms with Gasteiger partial charge in [0.1, 0.15) is 0 Å². The molecule has 0 fully saturated rings. The standard InChI is InChI=1S/C16H23N3O2/c1-10(20)19-8-7-11-9-12(5-6-13(11)19)18-15(21)14(17)16(2,3)4/h5-6,9,14H,7-8,17H2,1-4H3,(H,18,21)/t14-/m0/s1. The zero-order valence-electron chi connectivity index (χ0n) is 13.1. The Morgan fingerprint density at radius 2 is 2.00 bits per heavy atom. The Balaban J connectivity index is 2.14. The fraction of sp³-hybridized carbons (Fsp3) is 0.500. The molecule has 0 unspecified atom stereocenters. The van der Waals surface area contributed by atoms with Gasteiger partial charge in [-0.15, -0.1) is 0 Å². The molecule has 21 heavy (non-hydrogen) atoms. The number of rotatable bonds is 2. The zero-order valence-corrected chi connectivity index (χ0v) is 13.1. The predicted octanol–water partition coefficient (Wildman–Crippen LogP) is 1.91. The molecule has 5 nitrogen and oxygen atoms in total. The molecule has 0 radical (unpaired) electrons. The molecule has 0 aliphatic carbocycles. The normalized spacial score (nSPS) is 15.6. The number of benzene rings is 1. The molecule has 1 atom stereocenters. The quantitative estimate of drug-likeness (QED) is 0.873. The zero-order chi connectivity index (χ0) is 15.8. The van der Waals surface area contributed by atoms with Crippen LogP contribution in [0.15, 0.2) is 18.2 Å². The van der Waals surface area contributed by atoms with Gasteiger partial charge in [-0.3, -0.25) is 9.59 Å². The molecule has 0 saturated carbocycles. The molecule has 1 heterocycles. The summed E-state index contributed by atoms with van der Waals surface area (Å²) in [4.78, 5) is 25.4. The number of carbonyl (C=O) groups is 2. The third-order valence-electron chi connectivity index (χ3n) is 3.84. The van der Waals surface area contributed by atoms with Crippen molar-refractivity contribution in [1.29, 1.82) is 0 Å². The van der Waals surface area contributed by atoms with E-state index in [0.717, 1.165) is 23.4 Å². The number of carbonyl (C=O) groups excluding carboxylic acids is 2. The highest BCUT2D eigenvalue weighted by molar-refractivity contribution is 5.97. The maximum absolute atomic E-state index is 12.1. The van der Waals surface area contributed by atoms with Crippen LogP contribution in [0.2, 0.25) is 0 Å². The summed E-state index contributed by atoms with van der Waals surface area (Å²) in [6.45, 7) is 8.07. The fourth-order valence-corrected chi connectivity index (χ4v) is 2.42. The second-order valence-corrected chi connectivity index (χ2v) is 6.60. The number of nitrogens with zero attached hydrogens (tertiary/aromatic N) is 1. The maximum Gasteiger partial charge on any atom is 0.241 e. The molecule has 1 aromatic rings. The van der Waals surface area contributed by atoms with Crippen LogP contribution in [0.4, 0.5) is 11.4 Å². The molecule has 5 heteroatoms. The van der Waals surface area contributed by atoms with Crippen molar-refractivity contribution in [3.63, 3.8) is 0 Å². The average molecular weight is 289 g/mol. The van der Waals surface area contributed by atoms with Crippen molar-refractivity contribution in [2.45, 2.75) is 40.2 Å². The van der Waals surface area contributed by atoms with E-state index in [-0.39, 0.29) is 17.2 Å². The van der Waals surface area contributed by atoms with Crippen LogP contribution in [0, 0.1) is 5.41 Å². The molecule has 2 rings (SSSR count). The van der Waals surface area contributed by atoms with E-state index in [1.165, 1.54) is 0 Å². The van der Waals surface area contributed by atoms with Crippen LogP contribution in [-0.2, 0) is 16.0 Å². The Morgan fingerprint density at radius 3 is 2.57 bits per heavy atom. The molecule has 1 aliphatic rings. The van der Waals surface area contributed by atoms with Crippen molar-refractivity contribution >= 4 is 23.2 Å².